The molecular weight excluding hydrogens is 3480 g/mol. The Morgan fingerprint density at radius 1 is 0.632 bits per heavy atom. The molecule has 1 aliphatic rings. The summed E-state index contributed by atoms with van der Waals surface area (Å²) < 4.78 is 21.7. The minimum atomic E-state index is -2.92. The third-order valence-electron chi connectivity index (χ3n) is 2.78. The summed E-state index contributed by atoms with van der Waals surface area (Å²) in [6.07, 6.45) is 1.45. The number of hydrogen-bond acceptors (Lipinski definition) is 5. The van der Waals surface area contributed by atoms with Crippen LogP contribution >= 0.6 is 355 Å². The Kier molecular flexibility index (Phi) is 40.6. The third-order valence-corrected chi connectivity index (χ3v) is 1820. The summed E-state index contributed by atoms with van der Waals surface area (Å²) >= 11 is 43.5. The van der Waals surface area contributed by atoms with Gasteiger partial charge in [-0.05, 0) is 0 Å². The molecule has 0 aromatic carbocycles. The molecule has 248 valence electrons. The fraction of sp³-hybridized carbons (Fsp3) is 0.600. The number of nitrogens with one attached hydrogen (secondary N) is 1. The van der Waals surface area contributed by atoms with Crippen molar-refractivity contribution >= 4 is 365 Å². The Balaban J connectivity index is 0.000000491. The molecule has 1 aromatic rings. The van der Waals surface area contributed by atoms with Gasteiger partial charge in [-0.1, -0.05) is 0 Å². The van der Waals surface area contributed by atoms with Crippen LogP contribution in [0.4, 0.5) is 0 Å². The fourth-order valence-corrected chi connectivity index (χ4v) is 4190. The number of aromatic nitrogens is 3. The molecule has 0 radical (unpaired) electrons. The van der Waals surface area contributed by atoms with Crippen molar-refractivity contribution in [2.24, 2.45) is 5.73 Å². The van der Waals surface area contributed by atoms with Gasteiger partial charge in [0.2, 0.25) is 0 Å². The number of aromatic amines is 1. The summed E-state index contributed by atoms with van der Waals surface area (Å²) in [5.74, 6) is -0.0704. The van der Waals surface area contributed by atoms with E-state index >= 15 is 0 Å². The molecule has 2 rings (SSSR count). The van der Waals surface area contributed by atoms with E-state index in [1.54, 1.807) is 0 Å². The first-order chi connectivity index (χ1) is 17.3. The fourth-order valence-electron chi connectivity index (χ4n) is 1.64. The van der Waals surface area contributed by atoms with Crippen LogP contribution in [0.2, 0.25) is 0 Å². The second-order valence-corrected chi connectivity index (χ2v) is 592. The molecule has 33 heteroatoms. The van der Waals surface area contributed by atoms with Gasteiger partial charge in [0.1, 0.15) is 5.69 Å². The van der Waals surface area contributed by atoms with Crippen LogP contribution in [-0.2, 0) is 15.4 Å². The standard InChI is InChI=1S/C5H8N4O2S.I26/c6-5(2-12(10,11)3-5)4-1-7-9-8-4;1-15(2)17(5)19(7)21(9)23(11)25(13)26(14)24(12)22(10)20(8)18(6)16(3)4/h1H,2-3,6H2,(H,7,8,9);. The molecule has 1 aromatic heterocycles. The summed E-state index contributed by atoms with van der Waals surface area (Å²) in [5, 5.41) is 9.71. The molecular formula is C5H8I26N4O2S. The van der Waals surface area contributed by atoms with Crippen molar-refractivity contribution in [3.8, 4) is 0 Å². The predicted molar refractivity (Wildman–Crippen MR) is 405 cm³/mol. The van der Waals surface area contributed by atoms with Crippen LogP contribution in [0.3, 0.4) is 0 Å². The molecule has 1 aliphatic heterocycles. The van der Waals surface area contributed by atoms with Crippen LogP contribution in [0, 0.1) is 0 Å². The van der Waals surface area contributed by atoms with Gasteiger partial charge in [0, 0.05) is 0 Å². The van der Waals surface area contributed by atoms with E-state index in [9.17, 15) is 8.42 Å². The smallest absolute Gasteiger partial charge is 0.154 e. The number of nitrogens with two attached hydrogens (primary N) is 1. The Morgan fingerprint density at radius 2 is 0.921 bits per heavy atom. The molecule has 0 saturated carbocycles. The molecule has 2 heterocycles. The number of sulfone groups is 1. The largest absolute Gasteiger partial charge is 0.318 e. The zero-order valence-electron chi connectivity index (χ0n) is 16.0. The zero-order valence-corrected chi connectivity index (χ0v) is 72.9. The monoisotopic (exact) mass is 3490 g/mol. The number of hydrogen-bond donors (Lipinski definition) is 2. The Morgan fingerprint density at radius 3 is 1.13 bits per heavy atom. The van der Waals surface area contributed by atoms with Crippen LogP contribution in [0.1, 0.15) is 5.69 Å². The second kappa shape index (κ2) is 28.5. The van der Waals surface area contributed by atoms with E-state index < -0.39 is 110 Å². The minimum absolute atomic E-state index is 0.0352. The zero-order chi connectivity index (χ0) is 29.7. The van der Waals surface area contributed by atoms with E-state index in [0.29, 0.717) is 5.69 Å². The van der Waals surface area contributed by atoms with Gasteiger partial charge in [0.05, 0.1) is 23.2 Å². The second-order valence-electron chi connectivity index (χ2n) is 4.99. The molecule has 0 spiro atoms. The van der Waals surface area contributed by atoms with Gasteiger partial charge in [-0.25, -0.2) is 8.42 Å². The SMILES string of the molecule is II(I)I(I)I(I)I(I)I(I)I(I)I(I)I(I)I(I)I(I)I(I)I(I)I.NC1(c2cn[nH]n2)CS(=O)(=O)C1. The van der Waals surface area contributed by atoms with E-state index in [1.807, 2.05) is 0 Å². The summed E-state index contributed by atoms with van der Waals surface area (Å²) in [6.45, 7) is 0. The average molecular weight is 3490 g/mol. The summed E-state index contributed by atoms with van der Waals surface area (Å²) in [6, 6.07) is 0. The van der Waals surface area contributed by atoms with Crippen molar-refractivity contribution in [1.82, 2.24) is 15.4 Å². The molecule has 6 nitrogen and oxygen atoms in total. The Hall–Kier alpha value is 18.0. The molecule has 0 unspecified atom stereocenters. The van der Waals surface area contributed by atoms with Crippen molar-refractivity contribution in [2.45, 2.75) is 5.54 Å². The van der Waals surface area contributed by atoms with Gasteiger partial charge in [-0.2, -0.15) is 15.4 Å². The summed E-state index contributed by atoms with van der Waals surface area (Å²) in [7, 11) is -8.25. The quantitative estimate of drug-likeness (QED) is 0.203. The molecule has 3 N–H and O–H groups in total. The van der Waals surface area contributed by atoms with Crippen LogP contribution in [-0.4, -0.2) is 35.3 Å². The summed E-state index contributed by atoms with van der Waals surface area (Å²) in [4.78, 5) is 0. The van der Waals surface area contributed by atoms with Gasteiger partial charge < -0.3 is 5.73 Å². The maximum Gasteiger partial charge on any atom is 0.154 e. The number of rotatable bonds is 12. The van der Waals surface area contributed by atoms with E-state index in [-0.39, 0.29) is 11.5 Å². The van der Waals surface area contributed by atoms with E-state index in [2.05, 4.69) is 276 Å². The number of nitrogens with zero attached hydrogens (tertiary/aromatic N) is 2. The van der Waals surface area contributed by atoms with Gasteiger partial charge in [0.15, 0.2) is 9.84 Å². The van der Waals surface area contributed by atoms with Crippen LogP contribution in [0.15, 0.2) is 6.20 Å². The number of H-pyrrole nitrogens is 1. The molecule has 38 heavy (non-hydrogen) atoms. The van der Waals surface area contributed by atoms with E-state index in [4.69, 9.17) is 5.73 Å². The number of halogens is 26. The van der Waals surface area contributed by atoms with Crippen molar-refractivity contribution in [1.29, 1.82) is 0 Å². The normalized spacial score (nSPS) is 20.3. The van der Waals surface area contributed by atoms with Crippen molar-refractivity contribution in [3.05, 3.63) is 11.9 Å². The van der Waals surface area contributed by atoms with E-state index in [1.165, 1.54) is 6.20 Å². The molecule has 0 bridgehead atoms. The van der Waals surface area contributed by atoms with Gasteiger partial charge in [0.25, 0.3) is 0 Å². The van der Waals surface area contributed by atoms with Crippen molar-refractivity contribution in [2.75, 3.05) is 11.5 Å². The van der Waals surface area contributed by atoms with Crippen molar-refractivity contribution in [3.63, 3.8) is 0 Å². The first-order valence-corrected chi connectivity index (χ1v) is 166. The van der Waals surface area contributed by atoms with Crippen molar-refractivity contribution < 1.29 is 8.42 Å². The van der Waals surface area contributed by atoms with Crippen LogP contribution in [0.25, 0.3) is 0 Å². The summed E-state index contributed by atoms with van der Waals surface area (Å²) in [5.41, 5.74) is 5.44. The molecule has 0 atom stereocenters. The third kappa shape index (κ3) is 20.1. The first kappa shape index (κ1) is 54.0. The Bertz CT molecular complexity index is 886. The molecule has 0 aliphatic carbocycles. The molecule has 0 amide bonds. The Labute approximate surface area is 403 Å². The van der Waals surface area contributed by atoms with Gasteiger partial charge in [-0.15, -0.1) is 0 Å². The first-order valence-electron chi connectivity index (χ1n) is 6.95. The minimum Gasteiger partial charge on any atom is -0.318 e. The van der Waals surface area contributed by atoms with E-state index in [0.717, 1.165) is 0 Å². The maximum absolute atomic E-state index is 10.9. The van der Waals surface area contributed by atoms with Gasteiger partial charge >= 0.3 is 355 Å². The molecule has 1 fully saturated rings. The topological polar surface area (TPSA) is 102 Å². The maximum atomic E-state index is 10.9. The molecule has 1 saturated heterocycles. The predicted octanol–water partition coefficient (Wildman–Crippen LogP) is 21.4. The van der Waals surface area contributed by atoms with Crippen LogP contribution in [0.5, 0.6) is 0 Å². The average Bonchev–Trinajstić information content (AvgIpc) is 3.39. The van der Waals surface area contributed by atoms with Gasteiger partial charge in [-0.3, -0.25) is 0 Å². The van der Waals surface area contributed by atoms with Crippen LogP contribution < -0.4 is 5.73 Å².